The van der Waals surface area contributed by atoms with Gasteiger partial charge in [0.15, 0.2) is 11.5 Å². The van der Waals surface area contributed by atoms with Gasteiger partial charge in [-0.25, -0.2) is 19.2 Å². The van der Waals surface area contributed by atoms with Crippen LogP contribution in [0.2, 0.25) is 0 Å². The lowest BCUT2D eigenvalue weighted by Crippen LogP contribution is -2.59. The molecule has 0 spiro atoms. The van der Waals surface area contributed by atoms with Gasteiger partial charge < -0.3 is 24.3 Å². The van der Waals surface area contributed by atoms with Crippen LogP contribution in [-0.2, 0) is 4.74 Å². The van der Waals surface area contributed by atoms with E-state index >= 15 is 0 Å². The molecular formula is C27H32FN7O3. The summed E-state index contributed by atoms with van der Waals surface area (Å²) in [6.45, 7) is 12.5. The summed E-state index contributed by atoms with van der Waals surface area (Å²) in [6.07, 6.45) is 4.55. The summed E-state index contributed by atoms with van der Waals surface area (Å²) in [5.74, 6) is -0.925. The van der Waals surface area contributed by atoms with Gasteiger partial charge in [-0.05, 0) is 53.7 Å². The molecule has 1 aliphatic heterocycles. The van der Waals surface area contributed by atoms with E-state index in [9.17, 15) is 14.0 Å². The molecule has 0 unspecified atom stereocenters. The molecule has 1 fully saturated rings. The molecule has 0 radical (unpaired) electrons. The van der Waals surface area contributed by atoms with E-state index in [1.54, 1.807) is 41.0 Å². The monoisotopic (exact) mass is 521 g/mol. The molecule has 0 saturated carbocycles. The number of fused-ring (bicyclic) bond motifs is 2. The lowest BCUT2D eigenvalue weighted by molar-refractivity contribution is 0.00567. The fraction of sp³-hybridized carbons (Fsp3) is 0.407. The summed E-state index contributed by atoms with van der Waals surface area (Å²) in [5.41, 5.74) is 3.10. The van der Waals surface area contributed by atoms with Crippen molar-refractivity contribution < 1.29 is 18.7 Å². The van der Waals surface area contributed by atoms with Crippen molar-refractivity contribution in [3.63, 3.8) is 0 Å². The van der Waals surface area contributed by atoms with Crippen LogP contribution in [-0.4, -0.2) is 67.0 Å². The Hall–Kier alpha value is -4.15. The molecule has 10 nitrogen and oxygen atoms in total. The topological polar surface area (TPSA) is 108 Å². The van der Waals surface area contributed by atoms with Crippen LogP contribution in [0.5, 0.6) is 0 Å². The molecule has 2 amide bonds. The van der Waals surface area contributed by atoms with E-state index in [0.717, 1.165) is 11.2 Å². The first-order valence-corrected chi connectivity index (χ1v) is 12.6. The molecule has 0 bridgehead atoms. The van der Waals surface area contributed by atoms with Crippen molar-refractivity contribution in [3.8, 4) is 0 Å². The molecule has 4 heterocycles. The number of carbonyl (C=O) groups excluding carboxylic acids is 2. The quantitative estimate of drug-likeness (QED) is 0.403. The van der Waals surface area contributed by atoms with Crippen molar-refractivity contribution in [3.05, 3.63) is 54.0 Å². The highest BCUT2D eigenvalue weighted by Crippen LogP contribution is 2.31. The van der Waals surface area contributed by atoms with Crippen LogP contribution < -0.4 is 10.2 Å². The van der Waals surface area contributed by atoms with Gasteiger partial charge in [0, 0.05) is 31.5 Å². The second-order valence-electron chi connectivity index (χ2n) is 10.9. The Kier molecular flexibility index (Phi) is 6.24. The number of anilines is 2. The highest BCUT2D eigenvalue weighted by atomic mass is 19.1. The van der Waals surface area contributed by atoms with E-state index < -0.39 is 17.3 Å². The van der Waals surface area contributed by atoms with E-state index in [-0.39, 0.29) is 23.8 Å². The zero-order valence-electron chi connectivity index (χ0n) is 22.4. The first kappa shape index (κ1) is 25.5. The number of hydrogen-bond acceptors (Lipinski definition) is 6. The average Bonchev–Trinajstić information content (AvgIpc) is 3.43. The van der Waals surface area contributed by atoms with Crippen LogP contribution in [0.15, 0.2) is 36.9 Å². The van der Waals surface area contributed by atoms with Gasteiger partial charge in [0.25, 0.3) is 5.91 Å². The standard InChI is InChI=1S/C27H32FN7O3/c1-15-10-34-13-18(9-20(28)24(34)31-15)32-25(36)19-7-8-21(23-22(19)29-14-30-23)33-11-16(2)35(17(3)12-33)26(37)38-27(4,5)6/h7-10,13-14,16-17H,11-12H2,1-6H3,(H,29,30)(H,32,36)/t16-,17+. The number of aryl methyl sites for hydroxylation is 1. The number of amides is 2. The Morgan fingerprint density at radius 3 is 2.55 bits per heavy atom. The largest absolute Gasteiger partial charge is 0.444 e. The third kappa shape index (κ3) is 4.75. The van der Waals surface area contributed by atoms with E-state index in [2.05, 4.69) is 25.2 Å². The van der Waals surface area contributed by atoms with Crippen molar-refractivity contribution in [2.24, 2.45) is 0 Å². The van der Waals surface area contributed by atoms with Gasteiger partial charge in [-0.1, -0.05) is 0 Å². The van der Waals surface area contributed by atoms with Crippen LogP contribution in [0.4, 0.5) is 20.6 Å². The van der Waals surface area contributed by atoms with Crippen molar-refractivity contribution in [2.75, 3.05) is 23.3 Å². The Morgan fingerprint density at radius 2 is 1.87 bits per heavy atom. The number of rotatable bonds is 3. The molecule has 1 aliphatic rings. The second-order valence-corrected chi connectivity index (χ2v) is 10.9. The van der Waals surface area contributed by atoms with Crippen LogP contribution in [0.3, 0.4) is 0 Å². The molecule has 5 rings (SSSR count). The maximum absolute atomic E-state index is 14.5. The molecule has 3 aromatic heterocycles. The number of H-pyrrole nitrogens is 1. The van der Waals surface area contributed by atoms with Crippen LogP contribution in [0, 0.1) is 12.7 Å². The summed E-state index contributed by atoms with van der Waals surface area (Å²) >= 11 is 0. The van der Waals surface area contributed by atoms with Crippen molar-refractivity contribution in [1.29, 1.82) is 0 Å². The Morgan fingerprint density at radius 1 is 1.16 bits per heavy atom. The normalized spacial score (nSPS) is 18.3. The number of pyridine rings is 1. The van der Waals surface area contributed by atoms with Gasteiger partial charge >= 0.3 is 6.09 Å². The second kappa shape index (κ2) is 9.30. The highest BCUT2D eigenvalue weighted by Gasteiger charge is 2.36. The Labute approximate surface area is 219 Å². The number of nitrogens with one attached hydrogen (secondary N) is 2. The summed E-state index contributed by atoms with van der Waals surface area (Å²) in [4.78, 5) is 41.7. The van der Waals surface area contributed by atoms with E-state index in [0.29, 0.717) is 35.6 Å². The number of aromatic amines is 1. The van der Waals surface area contributed by atoms with Crippen LogP contribution in [0.25, 0.3) is 16.7 Å². The minimum absolute atomic E-state index is 0.0915. The van der Waals surface area contributed by atoms with Crippen LogP contribution in [0.1, 0.15) is 50.7 Å². The smallest absolute Gasteiger partial charge is 0.410 e. The van der Waals surface area contributed by atoms with Gasteiger partial charge in [-0.2, -0.15) is 0 Å². The molecule has 1 saturated heterocycles. The van der Waals surface area contributed by atoms with Crippen molar-refractivity contribution >= 4 is 40.1 Å². The average molecular weight is 522 g/mol. The minimum Gasteiger partial charge on any atom is -0.444 e. The third-order valence-corrected chi connectivity index (χ3v) is 6.55. The number of aromatic nitrogens is 4. The number of piperazine rings is 1. The highest BCUT2D eigenvalue weighted by molar-refractivity contribution is 6.13. The zero-order valence-corrected chi connectivity index (χ0v) is 22.4. The Bertz CT molecular complexity index is 1520. The summed E-state index contributed by atoms with van der Waals surface area (Å²) in [6, 6.07) is 4.67. The molecule has 200 valence electrons. The number of nitrogens with zero attached hydrogens (tertiary/aromatic N) is 5. The fourth-order valence-corrected chi connectivity index (χ4v) is 5.11. The van der Waals surface area contributed by atoms with Crippen molar-refractivity contribution in [1.82, 2.24) is 24.3 Å². The van der Waals surface area contributed by atoms with E-state index in [1.165, 1.54) is 6.07 Å². The molecule has 2 N–H and O–H groups in total. The molecule has 0 aliphatic carbocycles. The molecule has 38 heavy (non-hydrogen) atoms. The lowest BCUT2D eigenvalue weighted by atomic mass is 10.1. The number of benzene rings is 1. The predicted molar refractivity (Wildman–Crippen MR) is 143 cm³/mol. The van der Waals surface area contributed by atoms with Gasteiger partial charge in [0.2, 0.25) is 0 Å². The number of hydrogen-bond donors (Lipinski definition) is 2. The lowest BCUT2D eigenvalue weighted by Gasteiger charge is -2.45. The minimum atomic E-state index is -0.568. The number of halogens is 1. The Balaban J connectivity index is 1.38. The van der Waals surface area contributed by atoms with Gasteiger partial charge in [-0.3, -0.25) is 9.69 Å². The summed E-state index contributed by atoms with van der Waals surface area (Å²) in [7, 11) is 0. The first-order chi connectivity index (χ1) is 17.9. The summed E-state index contributed by atoms with van der Waals surface area (Å²) < 4.78 is 21.7. The molecular weight excluding hydrogens is 489 g/mol. The SMILES string of the molecule is Cc1cn2cc(NC(=O)c3ccc(N4C[C@@H](C)N(C(=O)OC(C)(C)C)[C@@H](C)C4)c4[nH]cnc34)cc(F)c2n1. The van der Waals surface area contributed by atoms with E-state index in [4.69, 9.17) is 4.74 Å². The molecule has 4 aromatic rings. The molecule has 11 heteroatoms. The van der Waals surface area contributed by atoms with E-state index in [1.807, 2.05) is 40.7 Å². The molecule has 2 atom stereocenters. The number of ether oxygens (including phenoxy) is 1. The number of carbonyl (C=O) groups is 2. The first-order valence-electron chi connectivity index (χ1n) is 12.6. The maximum Gasteiger partial charge on any atom is 0.410 e. The summed E-state index contributed by atoms with van der Waals surface area (Å²) in [5, 5.41) is 2.78. The third-order valence-electron chi connectivity index (χ3n) is 6.55. The van der Waals surface area contributed by atoms with Gasteiger partial charge in [0.1, 0.15) is 11.1 Å². The molecule has 1 aromatic carbocycles. The van der Waals surface area contributed by atoms with Gasteiger partial charge in [0.05, 0.1) is 46.6 Å². The maximum atomic E-state index is 14.5. The number of imidazole rings is 2. The van der Waals surface area contributed by atoms with Crippen LogP contribution >= 0.6 is 0 Å². The van der Waals surface area contributed by atoms with Crippen molar-refractivity contribution in [2.45, 2.75) is 59.2 Å². The fourth-order valence-electron chi connectivity index (χ4n) is 5.11. The zero-order chi connectivity index (χ0) is 27.4. The van der Waals surface area contributed by atoms with Gasteiger partial charge in [-0.15, -0.1) is 0 Å². The predicted octanol–water partition coefficient (Wildman–Crippen LogP) is 4.74.